The van der Waals surface area contributed by atoms with Crippen molar-refractivity contribution in [2.75, 3.05) is 0 Å². The number of nitrogens with zero attached hydrogens (tertiary/aromatic N) is 1. The van der Waals surface area contributed by atoms with Crippen LogP contribution in [0.4, 0.5) is 0 Å². The lowest BCUT2D eigenvalue weighted by Crippen LogP contribution is -2.83. The highest BCUT2D eigenvalue weighted by Crippen LogP contribution is 2.24. The number of nitrogens with two attached hydrogens (primary N) is 1. The number of halogens is 1. The zero-order valence-corrected chi connectivity index (χ0v) is 14.4. The van der Waals surface area contributed by atoms with Gasteiger partial charge in [-0.15, -0.1) is 0 Å². The number of benzene rings is 2. The number of H-pyrrole nitrogens is 1. The Bertz CT molecular complexity index is 1120. The molecule has 4 aromatic rings. The largest absolute Gasteiger partial charge is 0.449 e. The molecule has 25 heavy (non-hydrogen) atoms. The van der Waals surface area contributed by atoms with Crippen LogP contribution < -0.4 is 10.9 Å². The first-order valence-corrected chi connectivity index (χ1v) is 8.49. The van der Waals surface area contributed by atoms with Crippen LogP contribution in [0.15, 0.2) is 57.7 Å². The zero-order valence-electron chi connectivity index (χ0n) is 13.6. The summed E-state index contributed by atoms with van der Waals surface area (Å²) in [5.74, 6) is 0.614. The summed E-state index contributed by atoms with van der Waals surface area (Å²) in [6.07, 6.45) is 0. The molecule has 0 saturated carbocycles. The highest BCUT2D eigenvalue weighted by atomic mass is 35.5. The van der Waals surface area contributed by atoms with E-state index >= 15 is 0 Å². The second-order valence-corrected chi connectivity index (χ2v) is 6.45. The Balaban J connectivity index is 1.65. The molecule has 0 aliphatic carbocycles. The van der Waals surface area contributed by atoms with Gasteiger partial charge in [0, 0.05) is 16.0 Å². The van der Waals surface area contributed by atoms with E-state index in [0.717, 1.165) is 16.0 Å². The lowest BCUT2D eigenvalue weighted by Gasteiger charge is -2.12. The molecule has 0 spiro atoms. The second-order valence-electron chi connectivity index (χ2n) is 6.04. The van der Waals surface area contributed by atoms with Gasteiger partial charge in [0.25, 0.3) is 5.56 Å². The highest BCUT2D eigenvalue weighted by Gasteiger charge is 2.16. The van der Waals surface area contributed by atoms with Crippen LogP contribution in [0.1, 0.15) is 24.4 Å². The van der Waals surface area contributed by atoms with Crippen molar-refractivity contribution in [1.29, 1.82) is 0 Å². The highest BCUT2D eigenvalue weighted by molar-refractivity contribution is 6.31. The maximum Gasteiger partial charge on any atom is 0.294 e. The fraction of sp³-hybridized carbons (Fsp3) is 0.158. The van der Waals surface area contributed by atoms with Crippen molar-refractivity contribution >= 4 is 33.7 Å². The number of para-hydroxylation sites is 1. The SMILES string of the molecule is C[C@H]([NH2+]Cc1nc2c(oc3ccccc32)c(=O)[nH]1)c1ccccc1Cl. The van der Waals surface area contributed by atoms with E-state index < -0.39 is 0 Å². The molecule has 1 atom stereocenters. The summed E-state index contributed by atoms with van der Waals surface area (Å²) in [4.78, 5) is 19.7. The van der Waals surface area contributed by atoms with Crippen LogP contribution in [0.5, 0.6) is 0 Å². The molecular formula is C19H17ClN3O2+. The van der Waals surface area contributed by atoms with Gasteiger partial charge < -0.3 is 14.7 Å². The van der Waals surface area contributed by atoms with Gasteiger partial charge in [-0.2, -0.15) is 0 Å². The number of aromatic nitrogens is 2. The summed E-state index contributed by atoms with van der Waals surface area (Å²) in [7, 11) is 0. The Morgan fingerprint density at radius 3 is 2.80 bits per heavy atom. The Kier molecular flexibility index (Phi) is 4.03. The van der Waals surface area contributed by atoms with E-state index in [4.69, 9.17) is 16.0 Å². The van der Waals surface area contributed by atoms with E-state index in [2.05, 4.69) is 22.2 Å². The van der Waals surface area contributed by atoms with Crippen LogP contribution in [0, 0.1) is 0 Å². The van der Waals surface area contributed by atoms with Crippen molar-refractivity contribution < 1.29 is 9.73 Å². The van der Waals surface area contributed by atoms with Gasteiger partial charge in [0.15, 0.2) is 5.82 Å². The number of furan rings is 1. The van der Waals surface area contributed by atoms with Crippen LogP contribution in [0.2, 0.25) is 5.02 Å². The molecule has 0 bridgehead atoms. The number of rotatable bonds is 4. The topological polar surface area (TPSA) is 75.5 Å². The zero-order chi connectivity index (χ0) is 17.4. The normalized spacial score (nSPS) is 12.7. The number of aromatic amines is 1. The van der Waals surface area contributed by atoms with Gasteiger partial charge in [0.05, 0.1) is 0 Å². The summed E-state index contributed by atoms with van der Waals surface area (Å²) in [5, 5.41) is 3.68. The molecule has 0 unspecified atom stereocenters. The first-order chi connectivity index (χ1) is 12.1. The molecular weight excluding hydrogens is 338 g/mol. The molecule has 2 heterocycles. The summed E-state index contributed by atoms with van der Waals surface area (Å²) in [6.45, 7) is 2.61. The van der Waals surface area contributed by atoms with Crippen molar-refractivity contribution in [2.24, 2.45) is 0 Å². The quantitative estimate of drug-likeness (QED) is 0.591. The molecule has 6 heteroatoms. The van der Waals surface area contributed by atoms with E-state index in [9.17, 15) is 4.79 Å². The molecule has 0 aliphatic heterocycles. The summed E-state index contributed by atoms with van der Waals surface area (Å²) in [6, 6.07) is 15.4. The van der Waals surface area contributed by atoms with E-state index in [0.29, 0.717) is 23.5 Å². The average molecular weight is 355 g/mol. The molecule has 2 aromatic carbocycles. The van der Waals surface area contributed by atoms with Crippen molar-refractivity contribution in [1.82, 2.24) is 9.97 Å². The molecule has 0 aliphatic rings. The van der Waals surface area contributed by atoms with E-state index in [1.54, 1.807) is 0 Å². The lowest BCUT2D eigenvalue weighted by atomic mass is 10.1. The number of quaternary nitrogens is 1. The first kappa shape index (κ1) is 15.9. The average Bonchev–Trinajstić information content (AvgIpc) is 3.00. The van der Waals surface area contributed by atoms with Gasteiger partial charge in [-0.1, -0.05) is 41.9 Å². The van der Waals surface area contributed by atoms with Crippen LogP contribution >= 0.6 is 11.6 Å². The summed E-state index contributed by atoms with van der Waals surface area (Å²) >= 11 is 6.25. The molecule has 4 rings (SSSR count). The molecule has 0 saturated heterocycles. The van der Waals surface area contributed by atoms with Crippen molar-refractivity contribution in [2.45, 2.75) is 19.5 Å². The van der Waals surface area contributed by atoms with Gasteiger partial charge >= 0.3 is 0 Å². The minimum absolute atomic E-state index is 0.149. The Morgan fingerprint density at radius 2 is 1.96 bits per heavy atom. The predicted molar refractivity (Wildman–Crippen MR) is 97.6 cm³/mol. The van der Waals surface area contributed by atoms with Crippen molar-refractivity contribution in [3.05, 3.63) is 75.3 Å². The number of hydrogen-bond acceptors (Lipinski definition) is 3. The Morgan fingerprint density at radius 1 is 1.20 bits per heavy atom. The third kappa shape index (κ3) is 2.92. The third-order valence-corrected chi connectivity index (χ3v) is 4.68. The molecule has 126 valence electrons. The molecule has 0 amide bonds. The van der Waals surface area contributed by atoms with Gasteiger partial charge in [-0.05, 0) is 25.1 Å². The monoisotopic (exact) mass is 354 g/mol. The van der Waals surface area contributed by atoms with Gasteiger partial charge in [0.2, 0.25) is 5.58 Å². The Labute approximate surface area is 148 Å². The van der Waals surface area contributed by atoms with E-state index in [-0.39, 0.29) is 17.2 Å². The molecule has 3 N–H and O–H groups in total. The maximum absolute atomic E-state index is 12.3. The van der Waals surface area contributed by atoms with Crippen LogP contribution in [-0.2, 0) is 6.54 Å². The number of hydrogen-bond donors (Lipinski definition) is 2. The van der Waals surface area contributed by atoms with E-state index in [1.165, 1.54) is 0 Å². The number of nitrogens with one attached hydrogen (secondary N) is 1. The number of fused-ring (bicyclic) bond motifs is 3. The fourth-order valence-corrected chi connectivity index (χ4v) is 3.31. The van der Waals surface area contributed by atoms with Gasteiger partial charge in [-0.3, -0.25) is 4.79 Å². The molecule has 0 radical (unpaired) electrons. The second kappa shape index (κ2) is 6.35. The minimum atomic E-state index is -0.255. The van der Waals surface area contributed by atoms with Crippen LogP contribution in [0.25, 0.3) is 22.1 Å². The smallest absolute Gasteiger partial charge is 0.294 e. The van der Waals surface area contributed by atoms with Crippen molar-refractivity contribution in [3.63, 3.8) is 0 Å². The van der Waals surface area contributed by atoms with Gasteiger partial charge in [0.1, 0.15) is 23.7 Å². The molecule has 5 nitrogen and oxygen atoms in total. The summed E-state index contributed by atoms with van der Waals surface area (Å²) < 4.78 is 5.61. The van der Waals surface area contributed by atoms with Gasteiger partial charge in [-0.25, -0.2) is 4.98 Å². The van der Waals surface area contributed by atoms with Crippen LogP contribution in [-0.4, -0.2) is 9.97 Å². The van der Waals surface area contributed by atoms with Crippen molar-refractivity contribution in [3.8, 4) is 0 Å². The predicted octanol–water partition coefficient (Wildman–Crippen LogP) is 3.15. The molecule has 0 fully saturated rings. The third-order valence-electron chi connectivity index (χ3n) is 4.34. The fourth-order valence-electron chi connectivity index (χ4n) is 3.00. The standard InChI is InChI=1S/C19H16ClN3O2/c1-11(12-6-2-4-8-14(12)20)21-10-16-22-17-13-7-3-5-9-15(13)25-18(17)19(24)23-16/h2-9,11,21H,10H2,1H3,(H,22,23,24)/p+1/t11-/m0/s1. The maximum atomic E-state index is 12.3. The summed E-state index contributed by atoms with van der Waals surface area (Å²) in [5.41, 5.74) is 2.34. The minimum Gasteiger partial charge on any atom is -0.449 e. The Hall–Kier alpha value is -2.63. The lowest BCUT2D eigenvalue weighted by molar-refractivity contribution is -0.708. The first-order valence-electron chi connectivity index (χ1n) is 8.11. The van der Waals surface area contributed by atoms with Crippen LogP contribution in [0.3, 0.4) is 0 Å². The molecule has 2 aromatic heterocycles. The van der Waals surface area contributed by atoms with E-state index in [1.807, 2.05) is 48.5 Å².